The molecule has 2 aromatic carbocycles. The van der Waals surface area contributed by atoms with Crippen molar-refractivity contribution in [3.05, 3.63) is 53.6 Å². The zero-order chi connectivity index (χ0) is 22.1. The fraction of sp³-hybridized carbons (Fsp3) is 0.435. The van der Waals surface area contributed by atoms with Gasteiger partial charge in [0.05, 0.1) is 4.90 Å². The number of anilines is 1. The number of sulfonamides is 1. The summed E-state index contributed by atoms with van der Waals surface area (Å²) in [5.41, 5.74) is 2.94. The van der Waals surface area contributed by atoms with Crippen LogP contribution >= 0.6 is 0 Å². The van der Waals surface area contributed by atoms with E-state index >= 15 is 0 Å². The van der Waals surface area contributed by atoms with E-state index in [1.807, 2.05) is 31.2 Å². The van der Waals surface area contributed by atoms with Crippen LogP contribution in [0.3, 0.4) is 0 Å². The number of hydrogen-bond acceptors (Lipinski definition) is 4. The van der Waals surface area contributed by atoms with Crippen molar-refractivity contribution in [3.8, 4) is 5.75 Å². The van der Waals surface area contributed by atoms with Crippen LogP contribution in [0.25, 0.3) is 0 Å². The number of nitrogens with zero attached hydrogens (tertiary/aromatic N) is 1. The smallest absolute Gasteiger partial charge is 0.240 e. The first-order chi connectivity index (χ1) is 14.0. The highest BCUT2D eigenvalue weighted by molar-refractivity contribution is 7.89. The number of nitrogens with one attached hydrogen (secondary N) is 1. The molecule has 3 rings (SSSR count). The van der Waals surface area contributed by atoms with Crippen LogP contribution in [0, 0.1) is 0 Å². The average Bonchev–Trinajstić information content (AvgIpc) is 3.00. The monoisotopic (exact) mass is 430 g/mol. The van der Waals surface area contributed by atoms with Gasteiger partial charge in [0, 0.05) is 25.2 Å². The van der Waals surface area contributed by atoms with Gasteiger partial charge in [-0.15, -0.1) is 0 Å². The van der Waals surface area contributed by atoms with Gasteiger partial charge in [-0.05, 0) is 60.2 Å². The number of carbonyl (C=O) groups excluding carboxylic acids is 1. The molecule has 6 nitrogen and oxygen atoms in total. The molecule has 0 aromatic heterocycles. The second kappa shape index (κ2) is 8.40. The molecular weight excluding hydrogens is 400 g/mol. The maximum atomic E-state index is 12.6. The SMILES string of the molecule is CC(=O)N1c2ccc(S(=O)(=O)NCCOc3ccc(C(C)(C)C)cc3)cc2CC1C. The van der Waals surface area contributed by atoms with E-state index in [1.165, 1.54) is 12.5 Å². The minimum atomic E-state index is -3.65. The van der Waals surface area contributed by atoms with E-state index in [-0.39, 0.29) is 35.4 Å². The van der Waals surface area contributed by atoms with Crippen LogP contribution in [-0.2, 0) is 26.7 Å². The van der Waals surface area contributed by atoms with E-state index in [0.29, 0.717) is 12.2 Å². The van der Waals surface area contributed by atoms with Gasteiger partial charge < -0.3 is 9.64 Å². The molecule has 1 heterocycles. The van der Waals surface area contributed by atoms with Crippen molar-refractivity contribution in [1.82, 2.24) is 4.72 Å². The number of amides is 1. The molecule has 0 saturated heterocycles. The molecule has 1 atom stereocenters. The van der Waals surface area contributed by atoms with Crippen LogP contribution in [-0.4, -0.2) is 33.5 Å². The lowest BCUT2D eigenvalue weighted by molar-refractivity contribution is -0.116. The van der Waals surface area contributed by atoms with Crippen LogP contribution in [0.15, 0.2) is 47.4 Å². The van der Waals surface area contributed by atoms with Gasteiger partial charge in [-0.3, -0.25) is 4.79 Å². The topological polar surface area (TPSA) is 75.7 Å². The summed E-state index contributed by atoms with van der Waals surface area (Å²) >= 11 is 0. The Morgan fingerprint density at radius 3 is 2.43 bits per heavy atom. The molecule has 0 bridgehead atoms. The van der Waals surface area contributed by atoms with Gasteiger partial charge in [-0.1, -0.05) is 32.9 Å². The van der Waals surface area contributed by atoms with E-state index in [4.69, 9.17) is 4.74 Å². The van der Waals surface area contributed by atoms with Crippen molar-refractivity contribution >= 4 is 21.6 Å². The minimum absolute atomic E-state index is 0.0292. The first kappa shape index (κ1) is 22.3. The molecule has 7 heteroatoms. The van der Waals surface area contributed by atoms with Crippen LogP contribution in [0.1, 0.15) is 45.7 Å². The second-order valence-electron chi connectivity index (χ2n) is 8.75. The van der Waals surface area contributed by atoms with E-state index in [0.717, 1.165) is 11.3 Å². The summed E-state index contributed by atoms with van der Waals surface area (Å²) in [6, 6.07) is 12.8. The third kappa shape index (κ3) is 4.84. The van der Waals surface area contributed by atoms with Gasteiger partial charge >= 0.3 is 0 Å². The minimum Gasteiger partial charge on any atom is -0.492 e. The van der Waals surface area contributed by atoms with Crippen LogP contribution in [0.5, 0.6) is 5.75 Å². The number of ether oxygens (including phenoxy) is 1. The van der Waals surface area contributed by atoms with Gasteiger partial charge in [0.1, 0.15) is 12.4 Å². The predicted molar refractivity (Wildman–Crippen MR) is 119 cm³/mol. The fourth-order valence-electron chi connectivity index (χ4n) is 3.73. The average molecular weight is 431 g/mol. The molecule has 0 saturated carbocycles. The summed E-state index contributed by atoms with van der Waals surface area (Å²) in [5.74, 6) is 0.667. The largest absolute Gasteiger partial charge is 0.492 e. The number of rotatable bonds is 6. The van der Waals surface area contributed by atoms with Crippen LogP contribution in [0.4, 0.5) is 5.69 Å². The Kier molecular flexibility index (Phi) is 6.24. The highest BCUT2D eigenvalue weighted by Crippen LogP contribution is 2.33. The van der Waals surface area contributed by atoms with Crippen molar-refractivity contribution in [2.45, 2.75) is 57.4 Å². The maximum absolute atomic E-state index is 12.6. The Morgan fingerprint density at radius 2 is 1.83 bits per heavy atom. The van der Waals surface area contributed by atoms with Gasteiger partial charge in [-0.2, -0.15) is 0 Å². The van der Waals surface area contributed by atoms with Crippen molar-refractivity contribution in [3.63, 3.8) is 0 Å². The van der Waals surface area contributed by atoms with Crippen molar-refractivity contribution in [2.24, 2.45) is 0 Å². The highest BCUT2D eigenvalue weighted by atomic mass is 32.2. The molecule has 1 aliphatic rings. The Morgan fingerprint density at radius 1 is 1.17 bits per heavy atom. The number of hydrogen-bond donors (Lipinski definition) is 1. The molecule has 0 spiro atoms. The highest BCUT2D eigenvalue weighted by Gasteiger charge is 2.30. The molecule has 0 radical (unpaired) electrons. The summed E-state index contributed by atoms with van der Waals surface area (Å²) in [6.45, 7) is 10.3. The maximum Gasteiger partial charge on any atom is 0.240 e. The Bertz CT molecular complexity index is 1020. The van der Waals surface area contributed by atoms with Gasteiger partial charge in [-0.25, -0.2) is 13.1 Å². The Balaban J connectivity index is 1.59. The van der Waals surface area contributed by atoms with Crippen molar-refractivity contribution < 1.29 is 17.9 Å². The van der Waals surface area contributed by atoms with Gasteiger partial charge in [0.2, 0.25) is 15.9 Å². The number of fused-ring (bicyclic) bond motifs is 1. The molecule has 1 N–H and O–H groups in total. The lowest BCUT2D eigenvalue weighted by Crippen LogP contribution is -2.33. The lowest BCUT2D eigenvalue weighted by Gasteiger charge is -2.20. The summed E-state index contributed by atoms with van der Waals surface area (Å²) in [6.07, 6.45) is 0.645. The standard InChI is InChI=1S/C23H30N2O4S/c1-16-14-18-15-21(10-11-22(18)25(16)17(2)26)30(27,28)24-12-13-29-20-8-6-19(7-9-20)23(3,4)5/h6-11,15-16,24H,12-14H2,1-5H3. The van der Waals surface area contributed by atoms with Crippen molar-refractivity contribution in [1.29, 1.82) is 0 Å². The number of carbonyl (C=O) groups is 1. The van der Waals surface area contributed by atoms with Crippen LogP contribution in [0.2, 0.25) is 0 Å². The lowest BCUT2D eigenvalue weighted by atomic mass is 9.87. The molecule has 162 valence electrons. The predicted octanol–water partition coefficient (Wildman–Crippen LogP) is 3.64. The molecule has 1 unspecified atom stereocenters. The molecule has 30 heavy (non-hydrogen) atoms. The Labute approximate surface area is 179 Å². The first-order valence-corrected chi connectivity index (χ1v) is 11.6. The van der Waals surface area contributed by atoms with E-state index in [1.54, 1.807) is 23.1 Å². The van der Waals surface area contributed by atoms with E-state index < -0.39 is 10.0 Å². The quantitative estimate of drug-likeness (QED) is 0.710. The fourth-order valence-corrected chi connectivity index (χ4v) is 4.80. The molecular formula is C23H30N2O4S. The summed E-state index contributed by atoms with van der Waals surface area (Å²) in [7, 11) is -3.65. The summed E-state index contributed by atoms with van der Waals surface area (Å²) < 4.78 is 33.5. The molecule has 0 fully saturated rings. The number of benzene rings is 2. The normalized spacial score (nSPS) is 16.4. The second-order valence-corrected chi connectivity index (χ2v) is 10.5. The summed E-state index contributed by atoms with van der Waals surface area (Å²) in [4.78, 5) is 13.7. The van der Waals surface area contributed by atoms with Crippen LogP contribution < -0.4 is 14.4 Å². The Hall–Kier alpha value is -2.38. The molecule has 0 aliphatic carbocycles. The first-order valence-electron chi connectivity index (χ1n) is 10.1. The van der Waals surface area contributed by atoms with Gasteiger partial charge in [0.15, 0.2) is 0 Å². The van der Waals surface area contributed by atoms with E-state index in [2.05, 4.69) is 25.5 Å². The van der Waals surface area contributed by atoms with Gasteiger partial charge in [0.25, 0.3) is 0 Å². The third-order valence-corrected chi connectivity index (χ3v) is 6.76. The molecule has 1 amide bonds. The van der Waals surface area contributed by atoms with E-state index in [9.17, 15) is 13.2 Å². The zero-order valence-corrected chi connectivity index (χ0v) is 19.0. The zero-order valence-electron chi connectivity index (χ0n) is 18.2. The third-order valence-electron chi connectivity index (χ3n) is 5.30. The molecule has 2 aromatic rings. The van der Waals surface area contributed by atoms with Crippen molar-refractivity contribution in [2.75, 3.05) is 18.1 Å². The summed E-state index contributed by atoms with van der Waals surface area (Å²) in [5, 5.41) is 0. The molecule has 1 aliphatic heterocycles.